The van der Waals surface area contributed by atoms with Crippen LogP contribution in [0.15, 0.2) is 18.3 Å². The van der Waals surface area contributed by atoms with Gasteiger partial charge >= 0.3 is 0 Å². The highest BCUT2D eigenvalue weighted by Gasteiger charge is 2.31. The van der Waals surface area contributed by atoms with Crippen molar-refractivity contribution in [3.63, 3.8) is 0 Å². The number of carbonyl (C=O) groups excluding carboxylic acids is 1. The number of rotatable bonds is 4. The van der Waals surface area contributed by atoms with Crippen molar-refractivity contribution in [2.75, 3.05) is 11.9 Å². The summed E-state index contributed by atoms with van der Waals surface area (Å²) in [7, 11) is 0. The third-order valence-electron chi connectivity index (χ3n) is 3.54. The molecule has 2 rings (SSSR count). The Kier molecular flexibility index (Phi) is 3.81. The molecule has 1 saturated carbocycles. The van der Waals surface area contributed by atoms with E-state index in [9.17, 15) is 9.90 Å². The lowest BCUT2D eigenvalue weighted by Gasteiger charge is -2.37. The van der Waals surface area contributed by atoms with Gasteiger partial charge in [0.1, 0.15) is 5.69 Å². The van der Waals surface area contributed by atoms with E-state index in [0.29, 0.717) is 0 Å². The average Bonchev–Trinajstić information content (AvgIpc) is 2.40. The highest BCUT2D eigenvalue weighted by atomic mass is 16.3. The molecule has 1 aromatic heterocycles. The molecule has 0 saturated heterocycles. The van der Waals surface area contributed by atoms with E-state index in [1.54, 1.807) is 18.3 Å². The zero-order valence-electron chi connectivity index (χ0n) is 10.4. The van der Waals surface area contributed by atoms with Crippen molar-refractivity contribution in [1.82, 2.24) is 4.98 Å². The van der Waals surface area contributed by atoms with Crippen LogP contribution >= 0.6 is 0 Å². The monoisotopic (exact) mass is 249 g/mol. The highest BCUT2D eigenvalue weighted by molar-refractivity contribution is 5.91. The van der Waals surface area contributed by atoms with E-state index < -0.39 is 5.91 Å². The summed E-state index contributed by atoms with van der Waals surface area (Å²) < 4.78 is 0. The number of amides is 1. The second kappa shape index (κ2) is 5.35. The molecule has 1 aromatic rings. The number of aliphatic hydroxyl groups excluding tert-OH is 1. The number of anilines is 1. The lowest BCUT2D eigenvalue weighted by molar-refractivity contribution is 0.0995. The van der Waals surface area contributed by atoms with Gasteiger partial charge in [-0.3, -0.25) is 9.78 Å². The first-order valence-corrected chi connectivity index (χ1v) is 6.30. The van der Waals surface area contributed by atoms with Gasteiger partial charge < -0.3 is 16.2 Å². The third kappa shape index (κ3) is 2.79. The number of hydrogen-bond acceptors (Lipinski definition) is 4. The van der Waals surface area contributed by atoms with E-state index >= 15 is 0 Å². The van der Waals surface area contributed by atoms with Crippen LogP contribution in [-0.2, 0) is 0 Å². The molecular formula is C13H19N3O2. The van der Waals surface area contributed by atoms with E-state index in [2.05, 4.69) is 10.3 Å². The standard InChI is InChI=1S/C13H19N3O2/c14-12(18)11-8-10(4-7-15-11)16-13(9-17)5-2-1-3-6-13/h4,7-8,17H,1-3,5-6,9H2,(H2,14,18)(H,15,16). The molecule has 0 spiro atoms. The van der Waals surface area contributed by atoms with Gasteiger partial charge in [0.25, 0.3) is 5.91 Å². The average molecular weight is 249 g/mol. The first-order valence-electron chi connectivity index (χ1n) is 6.30. The fourth-order valence-electron chi connectivity index (χ4n) is 2.50. The molecule has 0 bridgehead atoms. The molecule has 1 fully saturated rings. The van der Waals surface area contributed by atoms with Gasteiger partial charge in [0.2, 0.25) is 0 Å². The maximum absolute atomic E-state index is 11.1. The van der Waals surface area contributed by atoms with Crippen molar-refractivity contribution in [2.24, 2.45) is 5.73 Å². The largest absolute Gasteiger partial charge is 0.394 e. The zero-order valence-corrected chi connectivity index (χ0v) is 10.4. The van der Waals surface area contributed by atoms with Crippen LogP contribution in [-0.4, -0.2) is 28.1 Å². The predicted molar refractivity (Wildman–Crippen MR) is 69.3 cm³/mol. The molecule has 1 heterocycles. The minimum atomic E-state index is -0.541. The van der Waals surface area contributed by atoms with Crippen LogP contribution in [0.2, 0.25) is 0 Å². The minimum Gasteiger partial charge on any atom is -0.394 e. The molecule has 1 aliphatic carbocycles. The van der Waals surface area contributed by atoms with E-state index in [0.717, 1.165) is 31.4 Å². The van der Waals surface area contributed by atoms with Crippen molar-refractivity contribution in [1.29, 1.82) is 0 Å². The molecule has 0 radical (unpaired) electrons. The van der Waals surface area contributed by atoms with Crippen LogP contribution in [0.25, 0.3) is 0 Å². The number of nitrogens with zero attached hydrogens (tertiary/aromatic N) is 1. The quantitative estimate of drug-likeness (QED) is 0.750. The maximum atomic E-state index is 11.1. The summed E-state index contributed by atoms with van der Waals surface area (Å²) in [5, 5.41) is 13.0. The van der Waals surface area contributed by atoms with Gasteiger partial charge in [-0.05, 0) is 25.0 Å². The maximum Gasteiger partial charge on any atom is 0.267 e. The third-order valence-corrected chi connectivity index (χ3v) is 3.54. The normalized spacial score (nSPS) is 18.3. The van der Waals surface area contributed by atoms with Crippen LogP contribution in [0.5, 0.6) is 0 Å². The highest BCUT2D eigenvalue weighted by Crippen LogP contribution is 2.31. The summed E-state index contributed by atoms with van der Waals surface area (Å²) in [4.78, 5) is 15.0. The Balaban J connectivity index is 2.16. The number of primary amides is 1. The summed E-state index contributed by atoms with van der Waals surface area (Å²) >= 11 is 0. The Labute approximate surface area is 106 Å². The number of aromatic nitrogens is 1. The van der Waals surface area contributed by atoms with Gasteiger partial charge in [-0.2, -0.15) is 0 Å². The lowest BCUT2D eigenvalue weighted by atomic mass is 9.82. The number of nitrogens with one attached hydrogen (secondary N) is 1. The number of nitrogens with two attached hydrogens (primary N) is 1. The summed E-state index contributed by atoms with van der Waals surface area (Å²) in [6, 6.07) is 3.42. The number of hydrogen-bond donors (Lipinski definition) is 3. The van der Waals surface area contributed by atoms with Crippen LogP contribution in [0.4, 0.5) is 5.69 Å². The van der Waals surface area contributed by atoms with Crippen molar-refractivity contribution in [3.05, 3.63) is 24.0 Å². The molecule has 0 aromatic carbocycles. The van der Waals surface area contributed by atoms with Gasteiger partial charge in [0.05, 0.1) is 12.1 Å². The zero-order chi connectivity index (χ0) is 13.0. The number of carbonyl (C=O) groups is 1. The van der Waals surface area contributed by atoms with Crippen molar-refractivity contribution in [3.8, 4) is 0 Å². The Morgan fingerprint density at radius 3 is 2.78 bits per heavy atom. The summed E-state index contributed by atoms with van der Waals surface area (Å²) in [6.45, 7) is 0.0984. The van der Waals surface area contributed by atoms with E-state index in [-0.39, 0.29) is 17.8 Å². The lowest BCUT2D eigenvalue weighted by Crippen LogP contribution is -2.43. The molecular weight excluding hydrogens is 230 g/mol. The van der Waals surface area contributed by atoms with Crippen LogP contribution in [0, 0.1) is 0 Å². The van der Waals surface area contributed by atoms with Crippen molar-refractivity contribution < 1.29 is 9.90 Å². The topological polar surface area (TPSA) is 88.2 Å². The van der Waals surface area contributed by atoms with Gasteiger partial charge in [0.15, 0.2) is 0 Å². The SMILES string of the molecule is NC(=O)c1cc(NC2(CO)CCCCC2)ccn1. The fraction of sp³-hybridized carbons (Fsp3) is 0.538. The summed E-state index contributed by atoms with van der Waals surface area (Å²) in [5.41, 5.74) is 5.96. The summed E-state index contributed by atoms with van der Waals surface area (Å²) in [5.74, 6) is -0.541. The van der Waals surface area contributed by atoms with E-state index in [1.807, 2.05) is 0 Å². The van der Waals surface area contributed by atoms with Crippen LogP contribution in [0.1, 0.15) is 42.6 Å². The fourth-order valence-corrected chi connectivity index (χ4v) is 2.50. The molecule has 0 aliphatic heterocycles. The smallest absolute Gasteiger partial charge is 0.267 e. The van der Waals surface area contributed by atoms with Gasteiger partial charge in [-0.15, -0.1) is 0 Å². The Bertz CT molecular complexity index is 428. The van der Waals surface area contributed by atoms with Gasteiger partial charge in [0, 0.05) is 11.9 Å². The van der Waals surface area contributed by atoms with Crippen LogP contribution < -0.4 is 11.1 Å². The van der Waals surface area contributed by atoms with Crippen LogP contribution in [0.3, 0.4) is 0 Å². The van der Waals surface area contributed by atoms with Crippen molar-refractivity contribution in [2.45, 2.75) is 37.6 Å². The number of aliphatic hydroxyl groups is 1. The first kappa shape index (κ1) is 12.8. The minimum absolute atomic E-state index is 0.0984. The summed E-state index contributed by atoms with van der Waals surface area (Å²) in [6.07, 6.45) is 6.88. The molecule has 0 atom stereocenters. The van der Waals surface area contributed by atoms with Gasteiger partial charge in [-0.25, -0.2) is 0 Å². The molecule has 0 unspecified atom stereocenters. The first-order chi connectivity index (χ1) is 8.65. The second-order valence-electron chi connectivity index (χ2n) is 4.92. The molecule has 98 valence electrons. The van der Waals surface area contributed by atoms with Crippen molar-refractivity contribution >= 4 is 11.6 Å². The molecule has 1 aliphatic rings. The Morgan fingerprint density at radius 2 is 2.17 bits per heavy atom. The van der Waals surface area contributed by atoms with E-state index in [4.69, 9.17) is 5.73 Å². The molecule has 1 amide bonds. The molecule has 4 N–H and O–H groups in total. The Morgan fingerprint density at radius 1 is 1.44 bits per heavy atom. The van der Waals surface area contributed by atoms with E-state index in [1.165, 1.54) is 6.42 Å². The predicted octanol–water partition coefficient (Wildman–Crippen LogP) is 1.29. The number of pyridine rings is 1. The Hall–Kier alpha value is -1.62. The molecule has 5 heteroatoms. The molecule has 18 heavy (non-hydrogen) atoms. The van der Waals surface area contributed by atoms with Gasteiger partial charge in [-0.1, -0.05) is 19.3 Å². The second-order valence-corrected chi connectivity index (χ2v) is 4.92. The molecule has 5 nitrogen and oxygen atoms in total.